The standard InChI is InChI=1S/C25H22F2N4O2/c1-2-33-24(32)16-28-13-18-14-30-31(25(18)21-5-3-4-6-22(21)27)20-11-12-23(29-15-20)17-7-9-19(26)10-8-17/h3-12,14-15,28H,2,13,16H2,1H3. The normalized spacial score (nSPS) is 10.9. The molecular weight excluding hydrogens is 426 g/mol. The maximum atomic E-state index is 14.7. The molecule has 0 radical (unpaired) electrons. The average molecular weight is 448 g/mol. The van der Waals surface area contributed by atoms with Crippen molar-refractivity contribution in [1.82, 2.24) is 20.1 Å². The molecule has 168 valence electrons. The molecule has 0 bridgehead atoms. The molecule has 0 amide bonds. The van der Waals surface area contributed by atoms with E-state index >= 15 is 0 Å². The SMILES string of the molecule is CCOC(=O)CNCc1cnn(-c2ccc(-c3ccc(F)cc3)nc2)c1-c1ccccc1F. The van der Waals surface area contributed by atoms with Crippen molar-refractivity contribution in [2.24, 2.45) is 0 Å². The average Bonchev–Trinajstić information content (AvgIpc) is 3.24. The molecule has 4 rings (SSSR count). The van der Waals surface area contributed by atoms with E-state index in [1.54, 1.807) is 60.4 Å². The van der Waals surface area contributed by atoms with Gasteiger partial charge in [-0.2, -0.15) is 5.10 Å². The van der Waals surface area contributed by atoms with E-state index in [-0.39, 0.29) is 24.1 Å². The Kier molecular flexibility index (Phi) is 6.85. The summed E-state index contributed by atoms with van der Waals surface area (Å²) in [6, 6.07) is 16.1. The Morgan fingerprint density at radius 3 is 2.52 bits per heavy atom. The first-order chi connectivity index (χ1) is 16.1. The predicted octanol–water partition coefficient (Wildman–Crippen LogP) is 4.53. The van der Waals surface area contributed by atoms with Crippen molar-refractivity contribution in [3.8, 4) is 28.2 Å². The number of esters is 1. The van der Waals surface area contributed by atoms with Crippen LogP contribution >= 0.6 is 0 Å². The zero-order chi connectivity index (χ0) is 23.2. The van der Waals surface area contributed by atoms with Crippen molar-refractivity contribution in [3.05, 3.63) is 90.3 Å². The molecule has 33 heavy (non-hydrogen) atoms. The highest BCUT2D eigenvalue weighted by atomic mass is 19.1. The van der Waals surface area contributed by atoms with Crippen LogP contribution in [-0.4, -0.2) is 33.9 Å². The minimum Gasteiger partial charge on any atom is -0.465 e. The molecular formula is C25H22F2N4O2. The fraction of sp³-hybridized carbons (Fsp3) is 0.160. The van der Waals surface area contributed by atoms with Crippen LogP contribution in [-0.2, 0) is 16.1 Å². The molecule has 0 atom stereocenters. The van der Waals surface area contributed by atoms with Gasteiger partial charge in [0.1, 0.15) is 11.6 Å². The van der Waals surface area contributed by atoms with Crippen LogP contribution in [0.3, 0.4) is 0 Å². The molecule has 6 nitrogen and oxygen atoms in total. The summed E-state index contributed by atoms with van der Waals surface area (Å²) in [6.07, 6.45) is 3.26. The van der Waals surface area contributed by atoms with Crippen LogP contribution in [0.2, 0.25) is 0 Å². The zero-order valence-corrected chi connectivity index (χ0v) is 18.0. The Morgan fingerprint density at radius 1 is 1.03 bits per heavy atom. The lowest BCUT2D eigenvalue weighted by molar-refractivity contribution is -0.142. The van der Waals surface area contributed by atoms with Crippen LogP contribution in [0.4, 0.5) is 8.78 Å². The van der Waals surface area contributed by atoms with Crippen LogP contribution in [0.15, 0.2) is 73.1 Å². The maximum absolute atomic E-state index is 14.7. The van der Waals surface area contributed by atoms with Gasteiger partial charge in [0, 0.05) is 23.2 Å². The summed E-state index contributed by atoms with van der Waals surface area (Å²) in [5, 5.41) is 7.48. The van der Waals surface area contributed by atoms with E-state index in [4.69, 9.17) is 4.74 Å². The number of benzene rings is 2. The van der Waals surface area contributed by atoms with Crippen molar-refractivity contribution in [3.63, 3.8) is 0 Å². The molecule has 2 aromatic carbocycles. The van der Waals surface area contributed by atoms with E-state index in [9.17, 15) is 13.6 Å². The van der Waals surface area contributed by atoms with E-state index < -0.39 is 0 Å². The summed E-state index contributed by atoms with van der Waals surface area (Å²) in [6.45, 7) is 2.38. The van der Waals surface area contributed by atoms with Gasteiger partial charge in [0.15, 0.2) is 0 Å². The van der Waals surface area contributed by atoms with Gasteiger partial charge in [-0.1, -0.05) is 12.1 Å². The fourth-order valence-corrected chi connectivity index (χ4v) is 3.46. The number of aromatic nitrogens is 3. The van der Waals surface area contributed by atoms with Crippen LogP contribution in [0.1, 0.15) is 12.5 Å². The van der Waals surface area contributed by atoms with E-state index in [1.165, 1.54) is 18.2 Å². The molecule has 0 aliphatic carbocycles. The Bertz CT molecular complexity index is 1240. The number of ether oxygens (including phenoxy) is 1. The maximum Gasteiger partial charge on any atom is 0.319 e. The minimum absolute atomic E-state index is 0.0314. The summed E-state index contributed by atoms with van der Waals surface area (Å²) >= 11 is 0. The first-order valence-electron chi connectivity index (χ1n) is 10.5. The van der Waals surface area contributed by atoms with Gasteiger partial charge >= 0.3 is 5.97 Å². The number of rotatable bonds is 8. The van der Waals surface area contributed by atoms with Crippen molar-refractivity contribution < 1.29 is 18.3 Å². The van der Waals surface area contributed by atoms with Gasteiger partial charge in [-0.05, 0) is 55.5 Å². The van der Waals surface area contributed by atoms with Gasteiger partial charge in [0.2, 0.25) is 0 Å². The number of nitrogens with one attached hydrogen (secondary N) is 1. The van der Waals surface area contributed by atoms with E-state index in [1.807, 2.05) is 6.07 Å². The van der Waals surface area contributed by atoms with E-state index in [2.05, 4.69) is 15.4 Å². The number of hydrogen-bond donors (Lipinski definition) is 1. The van der Waals surface area contributed by atoms with Crippen LogP contribution < -0.4 is 5.32 Å². The second kappa shape index (κ2) is 10.1. The third kappa shape index (κ3) is 5.12. The van der Waals surface area contributed by atoms with Crippen molar-refractivity contribution in [1.29, 1.82) is 0 Å². The molecule has 1 N–H and O–H groups in total. The lowest BCUT2D eigenvalue weighted by Crippen LogP contribution is -2.24. The largest absolute Gasteiger partial charge is 0.465 e. The van der Waals surface area contributed by atoms with Crippen LogP contribution in [0, 0.1) is 11.6 Å². The third-order valence-electron chi connectivity index (χ3n) is 5.00. The first-order valence-corrected chi connectivity index (χ1v) is 10.5. The number of hydrogen-bond acceptors (Lipinski definition) is 5. The topological polar surface area (TPSA) is 69.0 Å². The Morgan fingerprint density at radius 2 is 1.82 bits per heavy atom. The monoisotopic (exact) mass is 448 g/mol. The molecule has 0 aliphatic rings. The number of halogens is 2. The summed E-state index contributed by atoms with van der Waals surface area (Å²) < 4.78 is 34.5. The molecule has 0 unspecified atom stereocenters. The first kappa shape index (κ1) is 22.3. The highest BCUT2D eigenvalue weighted by Gasteiger charge is 2.18. The second-order valence-corrected chi connectivity index (χ2v) is 7.23. The van der Waals surface area contributed by atoms with Crippen molar-refractivity contribution in [2.45, 2.75) is 13.5 Å². The highest BCUT2D eigenvalue weighted by molar-refractivity contribution is 5.72. The number of carbonyl (C=O) groups excluding carboxylic acids is 1. The summed E-state index contributed by atoms with van der Waals surface area (Å²) in [7, 11) is 0. The smallest absolute Gasteiger partial charge is 0.319 e. The third-order valence-corrected chi connectivity index (χ3v) is 5.00. The Labute approximate surface area is 189 Å². The zero-order valence-electron chi connectivity index (χ0n) is 18.0. The summed E-state index contributed by atoms with van der Waals surface area (Å²) in [5.74, 6) is -1.06. The lowest BCUT2D eigenvalue weighted by Gasteiger charge is -2.12. The number of pyridine rings is 1. The molecule has 0 aliphatic heterocycles. The molecule has 8 heteroatoms. The molecule has 0 spiro atoms. The number of nitrogens with zero attached hydrogens (tertiary/aromatic N) is 3. The minimum atomic E-state index is -0.387. The van der Waals surface area contributed by atoms with Gasteiger partial charge in [-0.25, -0.2) is 13.5 Å². The van der Waals surface area contributed by atoms with Crippen molar-refractivity contribution >= 4 is 5.97 Å². The second-order valence-electron chi connectivity index (χ2n) is 7.23. The van der Waals surface area contributed by atoms with Gasteiger partial charge in [-0.15, -0.1) is 0 Å². The molecule has 2 aromatic heterocycles. The predicted molar refractivity (Wildman–Crippen MR) is 120 cm³/mol. The molecule has 4 aromatic rings. The fourth-order valence-electron chi connectivity index (χ4n) is 3.46. The summed E-state index contributed by atoms with van der Waals surface area (Å²) in [5.41, 5.74) is 3.74. The summed E-state index contributed by atoms with van der Waals surface area (Å²) in [4.78, 5) is 16.1. The lowest BCUT2D eigenvalue weighted by atomic mass is 10.1. The van der Waals surface area contributed by atoms with Gasteiger partial charge in [-0.3, -0.25) is 9.78 Å². The Balaban J connectivity index is 1.66. The molecule has 0 saturated heterocycles. The van der Waals surface area contributed by atoms with Crippen LogP contribution in [0.25, 0.3) is 28.2 Å². The molecule has 2 heterocycles. The molecule has 0 saturated carbocycles. The highest BCUT2D eigenvalue weighted by Crippen LogP contribution is 2.29. The van der Waals surface area contributed by atoms with Gasteiger partial charge in [0.05, 0.1) is 42.6 Å². The van der Waals surface area contributed by atoms with E-state index in [0.717, 1.165) is 5.56 Å². The molecule has 0 fully saturated rings. The van der Waals surface area contributed by atoms with Crippen molar-refractivity contribution in [2.75, 3.05) is 13.2 Å². The van der Waals surface area contributed by atoms with Crippen LogP contribution in [0.5, 0.6) is 0 Å². The Hall–Kier alpha value is -3.91. The van der Waals surface area contributed by atoms with Gasteiger partial charge in [0.25, 0.3) is 0 Å². The quantitative estimate of drug-likeness (QED) is 0.401. The number of carbonyl (C=O) groups is 1. The van der Waals surface area contributed by atoms with Gasteiger partial charge < -0.3 is 10.1 Å². The van der Waals surface area contributed by atoms with E-state index in [0.29, 0.717) is 41.4 Å².